The Morgan fingerprint density at radius 2 is 2.20 bits per heavy atom. The van der Waals surface area contributed by atoms with E-state index in [1.807, 2.05) is 0 Å². The van der Waals surface area contributed by atoms with Gasteiger partial charge in [0.1, 0.15) is 5.69 Å². The smallest absolute Gasteiger partial charge is 0.183 e. The van der Waals surface area contributed by atoms with E-state index < -0.39 is 0 Å². The van der Waals surface area contributed by atoms with E-state index in [1.54, 1.807) is 26.5 Å². The number of nitrogens with zero attached hydrogens (tertiary/aromatic N) is 2. The average Bonchev–Trinajstić information content (AvgIpc) is 3.27. The summed E-state index contributed by atoms with van der Waals surface area (Å²) < 4.78 is 10.7. The maximum absolute atomic E-state index is 7.36. The van der Waals surface area contributed by atoms with E-state index >= 15 is 0 Å². The molecule has 1 heterocycles. The van der Waals surface area contributed by atoms with Crippen LogP contribution in [-0.2, 0) is 6.54 Å². The Bertz CT molecular complexity index is 474. The second-order valence-corrected chi connectivity index (χ2v) is 4.97. The SMILES string of the molecule is COc1ccnc(CN(CCC(=N)N)C2CC2)c1OC. The topological polar surface area (TPSA) is 84.5 Å². The predicted molar refractivity (Wildman–Crippen MR) is 77.3 cm³/mol. The molecule has 0 spiro atoms. The van der Waals surface area contributed by atoms with Gasteiger partial charge in [0.05, 0.1) is 20.1 Å². The molecule has 1 aromatic heterocycles. The van der Waals surface area contributed by atoms with E-state index in [9.17, 15) is 0 Å². The summed E-state index contributed by atoms with van der Waals surface area (Å²) in [6, 6.07) is 2.37. The van der Waals surface area contributed by atoms with Crippen LogP contribution in [0.5, 0.6) is 11.5 Å². The third kappa shape index (κ3) is 3.60. The van der Waals surface area contributed by atoms with Crippen molar-refractivity contribution in [1.82, 2.24) is 9.88 Å². The number of ether oxygens (including phenoxy) is 2. The fraction of sp³-hybridized carbons (Fsp3) is 0.571. The van der Waals surface area contributed by atoms with Gasteiger partial charge in [-0.05, 0) is 12.8 Å². The van der Waals surface area contributed by atoms with Crippen LogP contribution < -0.4 is 15.2 Å². The largest absolute Gasteiger partial charge is 0.493 e. The van der Waals surface area contributed by atoms with Crippen molar-refractivity contribution in [2.75, 3.05) is 20.8 Å². The van der Waals surface area contributed by atoms with Crippen molar-refractivity contribution in [2.24, 2.45) is 5.73 Å². The minimum Gasteiger partial charge on any atom is -0.493 e. The molecule has 3 N–H and O–H groups in total. The number of amidine groups is 1. The number of methoxy groups -OCH3 is 2. The van der Waals surface area contributed by atoms with Gasteiger partial charge in [-0.15, -0.1) is 0 Å². The van der Waals surface area contributed by atoms with Gasteiger partial charge >= 0.3 is 0 Å². The highest BCUT2D eigenvalue weighted by Gasteiger charge is 2.30. The number of nitrogens with one attached hydrogen (secondary N) is 1. The van der Waals surface area contributed by atoms with Crippen LogP contribution in [-0.4, -0.2) is 42.5 Å². The van der Waals surface area contributed by atoms with Crippen LogP contribution in [0.1, 0.15) is 25.0 Å². The van der Waals surface area contributed by atoms with Crippen LogP contribution in [0.15, 0.2) is 12.3 Å². The van der Waals surface area contributed by atoms with Crippen LogP contribution in [0.3, 0.4) is 0 Å². The summed E-state index contributed by atoms with van der Waals surface area (Å²) in [5, 5.41) is 7.36. The van der Waals surface area contributed by atoms with Gasteiger partial charge in [0.25, 0.3) is 0 Å². The molecule has 0 aliphatic heterocycles. The first-order valence-corrected chi connectivity index (χ1v) is 6.78. The molecule has 1 aliphatic rings. The van der Waals surface area contributed by atoms with Gasteiger partial charge in [-0.25, -0.2) is 0 Å². The van der Waals surface area contributed by atoms with Crippen LogP contribution >= 0.6 is 0 Å². The first kappa shape index (κ1) is 14.6. The molecule has 1 fully saturated rings. The Labute approximate surface area is 119 Å². The van der Waals surface area contributed by atoms with Gasteiger partial charge in [0, 0.05) is 37.8 Å². The summed E-state index contributed by atoms with van der Waals surface area (Å²) in [4.78, 5) is 6.71. The van der Waals surface area contributed by atoms with Crippen molar-refractivity contribution >= 4 is 5.84 Å². The first-order valence-electron chi connectivity index (χ1n) is 6.78. The van der Waals surface area contributed by atoms with Crippen molar-refractivity contribution in [3.8, 4) is 11.5 Å². The Morgan fingerprint density at radius 3 is 2.75 bits per heavy atom. The van der Waals surface area contributed by atoms with Gasteiger partial charge < -0.3 is 15.2 Å². The lowest BCUT2D eigenvalue weighted by molar-refractivity contribution is 0.251. The number of rotatable bonds is 8. The van der Waals surface area contributed by atoms with E-state index in [4.69, 9.17) is 20.6 Å². The van der Waals surface area contributed by atoms with Gasteiger partial charge in [0.2, 0.25) is 0 Å². The maximum Gasteiger partial charge on any atom is 0.183 e. The molecule has 6 heteroatoms. The Balaban J connectivity index is 2.11. The fourth-order valence-corrected chi connectivity index (χ4v) is 2.25. The lowest BCUT2D eigenvalue weighted by Crippen LogP contribution is -2.30. The van der Waals surface area contributed by atoms with Crippen molar-refractivity contribution in [3.05, 3.63) is 18.0 Å². The highest BCUT2D eigenvalue weighted by molar-refractivity contribution is 5.76. The fourth-order valence-electron chi connectivity index (χ4n) is 2.25. The summed E-state index contributed by atoms with van der Waals surface area (Å²) in [6.45, 7) is 1.47. The highest BCUT2D eigenvalue weighted by atomic mass is 16.5. The zero-order valence-electron chi connectivity index (χ0n) is 12.1. The van der Waals surface area contributed by atoms with Crippen molar-refractivity contribution < 1.29 is 9.47 Å². The minimum atomic E-state index is 0.223. The molecule has 20 heavy (non-hydrogen) atoms. The van der Waals surface area contributed by atoms with Crippen molar-refractivity contribution in [2.45, 2.75) is 31.8 Å². The molecule has 110 valence electrons. The number of hydrogen-bond acceptors (Lipinski definition) is 5. The molecule has 0 saturated heterocycles. The molecular formula is C14H22N4O2. The normalized spacial score (nSPS) is 14.3. The van der Waals surface area contributed by atoms with Gasteiger partial charge in [0.15, 0.2) is 11.5 Å². The average molecular weight is 278 g/mol. The van der Waals surface area contributed by atoms with E-state index in [0.29, 0.717) is 30.5 Å². The zero-order valence-corrected chi connectivity index (χ0v) is 12.1. The lowest BCUT2D eigenvalue weighted by atomic mass is 10.2. The molecular weight excluding hydrogens is 256 g/mol. The summed E-state index contributed by atoms with van der Waals surface area (Å²) in [7, 11) is 3.25. The molecule has 1 saturated carbocycles. The van der Waals surface area contributed by atoms with E-state index in [1.165, 1.54) is 12.8 Å². The highest BCUT2D eigenvalue weighted by Crippen LogP contribution is 2.33. The molecule has 0 unspecified atom stereocenters. The molecule has 0 amide bonds. The van der Waals surface area contributed by atoms with Crippen molar-refractivity contribution in [1.29, 1.82) is 5.41 Å². The molecule has 0 bridgehead atoms. The first-order chi connectivity index (χ1) is 9.65. The number of nitrogens with two attached hydrogens (primary N) is 1. The van der Waals surface area contributed by atoms with Crippen LogP contribution in [0.4, 0.5) is 0 Å². The lowest BCUT2D eigenvalue weighted by Gasteiger charge is -2.22. The summed E-state index contributed by atoms with van der Waals surface area (Å²) in [5.74, 6) is 1.60. The Morgan fingerprint density at radius 1 is 1.45 bits per heavy atom. The second-order valence-electron chi connectivity index (χ2n) is 4.97. The molecule has 0 aromatic carbocycles. The second kappa shape index (κ2) is 6.56. The van der Waals surface area contributed by atoms with Gasteiger partial charge in [-0.2, -0.15) is 0 Å². The van der Waals surface area contributed by atoms with Gasteiger partial charge in [-0.1, -0.05) is 0 Å². The monoisotopic (exact) mass is 278 g/mol. The molecule has 1 aromatic rings. The number of aromatic nitrogens is 1. The van der Waals surface area contributed by atoms with E-state index in [2.05, 4.69) is 9.88 Å². The quantitative estimate of drug-likeness (QED) is 0.554. The molecule has 2 rings (SSSR count). The minimum absolute atomic E-state index is 0.223. The molecule has 6 nitrogen and oxygen atoms in total. The number of pyridine rings is 1. The number of hydrogen-bond donors (Lipinski definition) is 2. The third-order valence-electron chi connectivity index (χ3n) is 3.45. The van der Waals surface area contributed by atoms with Crippen LogP contribution in [0, 0.1) is 5.41 Å². The predicted octanol–water partition coefficient (Wildman–Crippen LogP) is 1.39. The maximum atomic E-state index is 7.36. The molecule has 1 aliphatic carbocycles. The Hall–Kier alpha value is -1.82. The zero-order chi connectivity index (χ0) is 14.5. The standard InChI is InChI=1S/C14H22N4O2/c1-19-12-5-7-17-11(14(12)20-2)9-18(10-3-4-10)8-6-13(15)16/h5,7,10H,3-4,6,8-9H2,1-2H3,(H3,15,16). The third-order valence-corrected chi connectivity index (χ3v) is 3.45. The van der Waals surface area contributed by atoms with E-state index in [0.717, 1.165) is 12.2 Å². The molecule has 0 atom stereocenters. The van der Waals surface area contributed by atoms with Crippen LogP contribution in [0.25, 0.3) is 0 Å². The molecule has 0 radical (unpaired) electrons. The van der Waals surface area contributed by atoms with Crippen molar-refractivity contribution in [3.63, 3.8) is 0 Å². The summed E-state index contributed by atoms with van der Waals surface area (Å²) >= 11 is 0. The van der Waals surface area contributed by atoms with Crippen LogP contribution in [0.2, 0.25) is 0 Å². The van der Waals surface area contributed by atoms with E-state index in [-0.39, 0.29) is 5.84 Å². The summed E-state index contributed by atoms with van der Waals surface area (Å²) in [6.07, 6.45) is 4.71. The Kier molecular flexibility index (Phi) is 4.79. The summed E-state index contributed by atoms with van der Waals surface area (Å²) in [5.41, 5.74) is 6.32. The van der Waals surface area contributed by atoms with Gasteiger partial charge in [-0.3, -0.25) is 15.3 Å².